The maximum atomic E-state index is 11.7. The van der Waals surface area contributed by atoms with E-state index < -0.39 is 43.2 Å². The minimum absolute atomic E-state index is 0.240. The number of aliphatic hydroxyl groups excluding tert-OH is 4. The van der Waals surface area contributed by atoms with Gasteiger partial charge in [-0.25, -0.2) is 0 Å². The Morgan fingerprint density at radius 2 is 1.86 bits per heavy atom. The Bertz CT molecular complexity index is 341. The fourth-order valence-corrected chi connectivity index (χ4v) is 2.41. The fourth-order valence-electron chi connectivity index (χ4n) is 2.41. The average Bonchev–Trinajstić information content (AvgIpc) is 2.51. The molecule has 0 bridgehead atoms. The molecule has 7 N–H and O–H groups in total. The van der Waals surface area contributed by atoms with Gasteiger partial charge in [0.2, 0.25) is 5.91 Å². The second-order valence-corrected chi connectivity index (χ2v) is 5.70. The summed E-state index contributed by atoms with van der Waals surface area (Å²) in [6, 6.07) is -0.732. The van der Waals surface area contributed by atoms with Crippen LogP contribution in [-0.4, -0.2) is 76.0 Å². The summed E-state index contributed by atoms with van der Waals surface area (Å²) in [5, 5.41) is 41.1. The largest absolute Gasteiger partial charge is 0.394 e. The molecule has 0 aliphatic carbocycles. The number of hydrogen-bond donors (Lipinski definition) is 6. The minimum Gasteiger partial charge on any atom is -0.394 e. The zero-order valence-corrected chi connectivity index (χ0v) is 12.9. The van der Waals surface area contributed by atoms with Gasteiger partial charge < -0.3 is 36.2 Å². The second kappa shape index (κ2) is 9.39. The van der Waals surface area contributed by atoms with Crippen LogP contribution in [0.4, 0.5) is 0 Å². The number of carbonyl (C=O) groups excluding carboxylic acids is 1. The van der Waals surface area contributed by atoms with Gasteiger partial charge in [0, 0.05) is 6.54 Å². The Morgan fingerprint density at radius 1 is 1.23 bits per heavy atom. The predicted octanol–water partition coefficient (Wildman–Crippen LogP) is -2.15. The summed E-state index contributed by atoms with van der Waals surface area (Å²) in [7, 11) is 0. The standard InChI is InChI=1S/C14H28N2O6/c1-2-3-6-16-14(21)8(15)4-5-9-11(18)13(20)12(19)10(7-17)22-9/h8-13,17-20H,2-7,15H2,1H3,(H,16,21)/t8-,9+,10-,11+,12+,13-/m1/s1. The van der Waals surface area contributed by atoms with E-state index in [-0.39, 0.29) is 18.7 Å². The monoisotopic (exact) mass is 320 g/mol. The summed E-state index contributed by atoms with van der Waals surface area (Å²) >= 11 is 0. The van der Waals surface area contributed by atoms with Crippen molar-refractivity contribution in [3.05, 3.63) is 0 Å². The van der Waals surface area contributed by atoms with Gasteiger partial charge in [0.1, 0.15) is 24.4 Å². The maximum Gasteiger partial charge on any atom is 0.236 e. The van der Waals surface area contributed by atoms with E-state index in [9.17, 15) is 20.1 Å². The lowest BCUT2D eigenvalue weighted by Gasteiger charge is -2.40. The molecule has 1 saturated heterocycles. The Balaban J connectivity index is 2.43. The van der Waals surface area contributed by atoms with Gasteiger partial charge in [-0.2, -0.15) is 0 Å². The smallest absolute Gasteiger partial charge is 0.236 e. The van der Waals surface area contributed by atoms with Crippen molar-refractivity contribution in [2.75, 3.05) is 13.2 Å². The van der Waals surface area contributed by atoms with Gasteiger partial charge in [-0.15, -0.1) is 0 Å². The highest BCUT2D eigenvalue weighted by molar-refractivity contribution is 5.81. The molecule has 0 radical (unpaired) electrons. The highest BCUT2D eigenvalue weighted by Crippen LogP contribution is 2.24. The molecule has 8 nitrogen and oxygen atoms in total. The molecule has 1 heterocycles. The van der Waals surface area contributed by atoms with Crippen LogP contribution in [0.5, 0.6) is 0 Å². The summed E-state index contributed by atoms with van der Waals surface area (Å²) in [5.41, 5.74) is 5.78. The van der Waals surface area contributed by atoms with Gasteiger partial charge in [-0.3, -0.25) is 4.79 Å². The molecule has 1 aliphatic heterocycles. The lowest BCUT2D eigenvalue weighted by molar-refractivity contribution is -0.230. The molecule has 6 atom stereocenters. The third-order valence-corrected chi connectivity index (χ3v) is 3.92. The SMILES string of the molecule is CCCCNC(=O)[C@H](N)CC[C@@H]1O[C@H](CO)[C@H](O)[C@H](O)[C@H]1O. The molecular weight excluding hydrogens is 292 g/mol. The molecule has 0 unspecified atom stereocenters. The molecule has 8 heteroatoms. The van der Waals surface area contributed by atoms with Crippen molar-refractivity contribution >= 4 is 5.91 Å². The molecule has 0 aromatic heterocycles. The number of nitrogens with one attached hydrogen (secondary N) is 1. The molecule has 0 saturated carbocycles. The van der Waals surface area contributed by atoms with E-state index in [0.29, 0.717) is 6.54 Å². The molecule has 1 amide bonds. The fraction of sp³-hybridized carbons (Fsp3) is 0.929. The van der Waals surface area contributed by atoms with Crippen molar-refractivity contribution in [1.82, 2.24) is 5.32 Å². The van der Waals surface area contributed by atoms with Crippen molar-refractivity contribution in [3.8, 4) is 0 Å². The number of aliphatic hydroxyl groups is 4. The Kier molecular flexibility index (Phi) is 8.23. The van der Waals surface area contributed by atoms with E-state index in [1.807, 2.05) is 6.92 Å². The number of hydrogen-bond acceptors (Lipinski definition) is 7. The first-order chi connectivity index (χ1) is 10.4. The van der Waals surface area contributed by atoms with Crippen LogP contribution in [0.25, 0.3) is 0 Å². The van der Waals surface area contributed by atoms with Crippen molar-refractivity contribution < 1.29 is 30.0 Å². The zero-order chi connectivity index (χ0) is 16.7. The first-order valence-corrected chi connectivity index (χ1v) is 7.76. The molecule has 130 valence electrons. The van der Waals surface area contributed by atoms with Crippen LogP contribution in [0, 0.1) is 0 Å². The number of carbonyl (C=O) groups is 1. The third kappa shape index (κ3) is 5.15. The maximum absolute atomic E-state index is 11.7. The van der Waals surface area contributed by atoms with Crippen molar-refractivity contribution in [1.29, 1.82) is 0 Å². The highest BCUT2D eigenvalue weighted by Gasteiger charge is 2.43. The molecule has 0 aromatic carbocycles. The van der Waals surface area contributed by atoms with E-state index in [0.717, 1.165) is 12.8 Å². The Morgan fingerprint density at radius 3 is 2.45 bits per heavy atom. The van der Waals surface area contributed by atoms with Crippen LogP contribution in [0.1, 0.15) is 32.6 Å². The van der Waals surface area contributed by atoms with Crippen molar-refractivity contribution in [2.24, 2.45) is 5.73 Å². The topological polar surface area (TPSA) is 145 Å². The minimum atomic E-state index is -1.40. The van der Waals surface area contributed by atoms with Crippen LogP contribution in [0.15, 0.2) is 0 Å². The molecule has 0 aromatic rings. The number of nitrogens with two attached hydrogens (primary N) is 1. The molecule has 1 rings (SSSR count). The summed E-state index contributed by atoms with van der Waals surface area (Å²) in [6.45, 7) is 2.12. The van der Waals surface area contributed by atoms with Gasteiger partial charge in [0.05, 0.1) is 18.8 Å². The number of amides is 1. The lowest BCUT2D eigenvalue weighted by Crippen LogP contribution is -2.58. The van der Waals surface area contributed by atoms with E-state index in [1.54, 1.807) is 0 Å². The molecule has 0 spiro atoms. The predicted molar refractivity (Wildman–Crippen MR) is 78.9 cm³/mol. The number of ether oxygens (including phenoxy) is 1. The van der Waals surface area contributed by atoms with Gasteiger partial charge >= 0.3 is 0 Å². The quantitative estimate of drug-likeness (QED) is 0.280. The second-order valence-electron chi connectivity index (χ2n) is 5.70. The summed E-state index contributed by atoms with van der Waals surface area (Å²) in [5.74, 6) is -0.266. The first kappa shape index (κ1) is 19.3. The van der Waals surface area contributed by atoms with Crippen molar-refractivity contribution in [3.63, 3.8) is 0 Å². The lowest BCUT2D eigenvalue weighted by atomic mass is 9.92. The van der Waals surface area contributed by atoms with Crippen LogP contribution in [0.2, 0.25) is 0 Å². The number of rotatable bonds is 8. The molecule has 1 aliphatic rings. The van der Waals surface area contributed by atoms with E-state index in [2.05, 4.69) is 5.32 Å². The normalized spacial score (nSPS) is 33.5. The number of unbranched alkanes of at least 4 members (excludes halogenated alkanes) is 1. The van der Waals surface area contributed by atoms with Gasteiger partial charge in [-0.05, 0) is 19.3 Å². The zero-order valence-electron chi connectivity index (χ0n) is 12.9. The Labute approximate surface area is 130 Å². The van der Waals surface area contributed by atoms with Crippen molar-refractivity contribution in [2.45, 2.75) is 69.2 Å². The van der Waals surface area contributed by atoms with Crippen LogP contribution < -0.4 is 11.1 Å². The van der Waals surface area contributed by atoms with Crippen LogP contribution in [-0.2, 0) is 9.53 Å². The summed E-state index contributed by atoms with van der Waals surface area (Å²) < 4.78 is 5.36. The van der Waals surface area contributed by atoms with Crippen LogP contribution in [0.3, 0.4) is 0 Å². The molecule has 22 heavy (non-hydrogen) atoms. The first-order valence-electron chi connectivity index (χ1n) is 7.76. The van der Waals surface area contributed by atoms with Gasteiger partial charge in [0.15, 0.2) is 0 Å². The van der Waals surface area contributed by atoms with E-state index >= 15 is 0 Å². The van der Waals surface area contributed by atoms with E-state index in [1.165, 1.54) is 0 Å². The van der Waals surface area contributed by atoms with Gasteiger partial charge in [0.25, 0.3) is 0 Å². The third-order valence-electron chi connectivity index (χ3n) is 3.92. The summed E-state index contributed by atoms with van der Waals surface area (Å²) in [4.78, 5) is 11.7. The molecule has 1 fully saturated rings. The summed E-state index contributed by atoms with van der Waals surface area (Å²) in [6.07, 6.45) is -3.42. The van der Waals surface area contributed by atoms with E-state index in [4.69, 9.17) is 15.6 Å². The average molecular weight is 320 g/mol. The van der Waals surface area contributed by atoms with Crippen LogP contribution >= 0.6 is 0 Å². The van der Waals surface area contributed by atoms with Gasteiger partial charge in [-0.1, -0.05) is 13.3 Å². The molecular formula is C14H28N2O6. The Hall–Kier alpha value is -0.770. The highest BCUT2D eigenvalue weighted by atomic mass is 16.5.